The van der Waals surface area contributed by atoms with Crippen molar-refractivity contribution in [3.63, 3.8) is 0 Å². The molecule has 0 radical (unpaired) electrons. The van der Waals surface area contributed by atoms with Crippen LogP contribution in [0.2, 0.25) is 0 Å². The molecule has 0 unspecified atom stereocenters. The zero-order valence-corrected chi connectivity index (χ0v) is 19.1. The Kier molecular flexibility index (Phi) is 5.78. The van der Waals surface area contributed by atoms with E-state index < -0.39 is 0 Å². The van der Waals surface area contributed by atoms with Crippen LogP contribution in [0.25, 0.3) is 16.9 Å². The first-order valence-corrected chi connectivity index (χ1v) is 11.2. The predicted octanol–water partition coefficient (Wildman–Crippen LogP) is 4.56. The van der Waals surface area contributed by atoms with Crippen LogP contribution >= 0.6 is 0 Å². The highest BCUT2D eigenvalue weighted by Crippen LogP contribution is 2.24. The number of aromatic nitrogens is 6. The fourth-order valence-electron chi connectivity index (χ4n) is 3.91. The minimum atomic E-state index is -0.240. The molecule has 0 fully saturated rings. The van der Waals surface area contributed by atoms with Crippen LogP contribution in [-0.4, -0.2) is 35.2 Å². The maximum Gasteiger partial charge on any atom is 0.259 e. The summed E-state index contributed by atoms with van der Waals surface area (Å²) in [5.41, 5.74) is 5.70. The third-order valence-corrected chi connectivity index (χ3v) is 5.75. The lowest BCUT2D eigenvalue weighted by Gasteiger charge is -2.04. The predicted molar refractivity (Wildman–Crippen MR) is 131 cm³/mol. The van der Waals surface area contributed by atoms with Crippen LogP contribution in [0.1, 0.15) is 28.5 Å². The van der Waals surface area contributed by atoms with Crippen molar-refractivity contribution in [3.05, 3.63) is 102 Å². The van der Waals surface area contributed by atoms with Crippen LogP contribution < -0.4 is 5.32 Å². The van der Waals surface area contributed by atoms with Gasteiger partial charge in [-0.1, -0.05) is 48.5 Å². The number of carbonyl (C=O) groups excluding carboxylic acids is 1. The fourth-order valence-corrected chi connectivity index (χ4v) is 3.91. The summed E-state index contributed by atoms with van der Waals surface area (Å²) >= 11 is 0. The van der Waals surface area contributed by atoms with Gasteiger partial charge in [0.15, 0.2) is 0 Å². The Morgan fingerprint density at radius 2 is 1.68 bits per heavy atom. The van der Waals surface area contributed by atoms with Gasteiger partial charge in [-0.2, -0.15) is 15.3 Å². The Bertz CT molecular complexity index is 1410. The molecule has 0 aliphatic heterocycles. The summed E-state index contributed by atoms with van der Waals surface area (Å²) in [6.07, 6.45) is 7.11. The van der Waals surface area contributed by atoms with Gasteiger partial charge in [0.2, 0.25) is 0 Å². The average Bonchev–Trinajstić information content (AvgIpc) is 3.60. The van der Waals surface area contributed by atoms with Gasteiger partial charge in [0.05, 0.1) is 35.9 Å². The van der Waals surface area contributed by atoms with Crippen LogP contribution in [0.15, 0.2) is 85.5 Å². The molecule has 1 N–H and O–H groups in total. The molecule has 2 aromatic carbocycles. The number of para-hydroxylation sites is 1. The molecule has 8 heteroatoms. The number of rotatable bonds is 7. The van der Waals surface area contributed by atoms with Crippen LogP contribution in [-0.2, 0) is 13.1 Å². The number of carbonyl (C=O) groups is 1. The number of hydrogen-bond acceptors (Lipinski definition) is 4. The summed E-state index contributed by atoms with van der Waals surface area (Å²) in [6.45, 7) is 5.53. The summed E-state index contributed by atoms with van der Waals surface area (Å²) in [7, 11) is 0. The van der Waals surface area contributed by atoms with E-state index in [-0.39, 0.29) is 5.91 Å². The van der Waals surface area contributed by atoms with E-state index in [2.05, 4.69) is 22.4 Å². The maximum absolute atomic E-state index is 13.3. The monoisotopic (exact) mass is 451 g/mol. The summed E-state index contributed by atoms with van der Waals surface area (Å²) in [6, 6.07) is 19.5. The van der Waals surface area contributed by atoms with Crippen molar-refractivity contribution in [2.24, 2.45) is 0 Å². The number of benzene rings is 2. The third-order valence-electron chi connectivity index (χ3n) is 5.75. The standard InChI is InChI=1S/C26H25N7O/c1-3-32-19(2)21(14-28-32)16-31-17-22(15-27-31)29-26(34)24-18-33(23-12-8-5-9-13-23)30-25(24)20-10-6-4-7-11-20/h4-15,17-18H,3,16H2,1-2H3,(H,29,34). The van der Waals surface area contributed by atoms with E-state index >= 15 is 0 Å². The van der Waals surface area contributed by atoms with Gasteiger partial charge >= 0.3 is 0 Å². The van der Waals surface area contributed by atoms with Gasteiger partial charge in [-0.15, -0.1) is 0 Å². The Labute approximate surface area is 197 Å². The van der Waals surface area contributed by atoms with Crippen molar-refractivity contribution in [3.8, 4) is 16.9 Å². The van der Waals surface area contributed by atoms with E-state index in [1.54, 1.807) is 21.8 Å². The molecule has 0 spiro atoms. The quantitative estimate of drug-likeness (QED) is 0.393. The topological polar surface area (TPSA) is 82.6 Å². The van der Waals surface area contributed by atoms with Crippen molar-refractivity contribution >= 4 is 11.6 Å². The van der Waals surface area contributed by atoms with E-state index in [1.807, 2.05) is 84.7 Å². The molecular formula is C26H25N7O. The van der Waals surface area contributed by atoms with Gasteiger partial charge in [0, 0.05) is 35.8 Å². The normalized spacial score (nSPS) is 11.0. The molecule has 0 saturated heterocycles. The Morgan fingerprint density at radius 1 is 0.941 bits per heavy atom. The third kappa shape index (κ3) is 4.25. The lowest BCUT2D eigenvalue weighted by molar-refractivity contribution is 0.102. The summed E-state index contributed by atoms with van der Waals surface area (Å²) in [5.74, 6) is -0.240. The number of anilines is 1. The van der Waals surface area contributed by atoms with Crippen molar-refractivity contribution in [2.45, 2.75) is 26.9 Å². The van der Waals surface area contributed by atoms with Crippen LogP contribution in [0.5, 0.6) is 0 Å². The SMILES string of the molecule is CCn1ncc(Cn2cc(NC(=O)c3cn(-c4ccccc4)nc3-c3ccccc3)cn2)c1C. The van der Waals surface area contributed by atoms with Gasteiger partial charge in [-0.05, 0) is 26.0 Å². The highest BCUT2D eigenvalue weighted by atomic mass is 16.1. The molecule has 0 atom stereocenters. The molecule has 5 rings (SSSR count). The molecule has 170 valence electrons. The van der Waals surface area contributed by atoms with Crippen LogP contribution in [0, 0.1) is 6.92 Å². The van der Waals surface area contributed by atoms with Crippen molar-refractivity contribution in [2.75, 3.05) is 5.32 Å². The zero-order chi connectivity index (χ0) is 23.5. The van der Waals surface area contributed by atoms with E-state index in [0.717, 1.165) is 29.1 Å². The molecular weight excluding hydrogens is 426 g/mol. The molecule has 1 amide bonds. The number of nitrogens with zero attached hydrogens (tertiary/aromatic N) is 6. The number of hydrogen-bond donors (Lipinski definition) is 1. The van der Waals surface area contributed by atoms with Crippen LogP contribution in [0.3, 0.4) is 0 Å². The van der Waals surface area contributed by atoms with Crippen molar-refractivity contribution in [1.29, 1.82) is 0 Å². The number of aryl methyl sites for hydroxylation is 1. The number of nitrogens with one attached hydrogen (secondary N) is 1. The Balaban J connectivity index is 1.40. The van der Waals surface area contributed by atoms with Crippen LogP contribution in [0.4, 0.5) is 5.69 Å². The molecule has 0 bridgehead atoms. The minimum absolute atomic E-state index is 0.240. The first-order chi connectivity index (χ1) is 16.6. The highest BCUT2D eigenvalue weighted by Gasteiger charge is 2.19. The summed E-state index contributed by atoms with van der Waals surface area (Å²) < 4.78 is 5.48. The smallest absolute Gasteiger partial charge is 0.259 e. The van der Waals surface area contributed by atoms with Gasteiger partial charge in [-0.3, -0.25) is 14.2 Å². The second kappa shape index (κ2) is 9.19. The van der Waals surface area contributed by atoms with E-state index in [4.69, 9.17) is 5.10 Å². The Hall–Kier alpha value is -4.46. The lowest BCUT2D eigenvalue weighted by atomic mass is 10.1. The van der Waals surface area contributed by atoms with E-state index in [9.17, 15) is 4.79 Å². The van der Waals surface area contributed by atoms with Gasteiger partial charge < -0.3 is 5.32 Å². The van der Waals surface area contributed by atoms with E-state index in [0.29, 0.717) is 23.5 Å². The van der Waals surface area contributed by atoms with Gasteiger partial charge in [-0.25, -0.2) is 4.68 Å². The molecule has 5 aromatic rings. The second-order valence-corrected chi connectivity index (χ2v) is 7.99. The first-order valence-electron chi connectivity index (χ1n) is 11.2. The average molecular weight is 452 g/mol. The molecule has 0 aliphatic carbocycles. The molecule has 8 nitrogen and oxygen atoms in total. The Morgan fingerprint density at radius 3 is 2.38 bits per heavy atom. The van der Waals surface area contributed by atoms with Gasteiger partial charge in [0.1, 0.15) is 5.69 Å². The lowest BCUT2D eigenvalue weighted by Crippen LogP contribution is -2.12. The molecule has 0 aliphatic rings. The minimum Gasteiger partial charge on any atom is -0.319 e. The summed E-state index contributed by atoms with van der Waals surface area (Å²) in [4.78, 5) is 13.3. The molecule has 3 heterocycles. The van der Waals surface area contributed by atoms with Crippen molar-refractivity contribution < 1.29 is 4.79 Å². The molecule has 34 heavy (non-hydrogen) atoms. The first kappa shape index (κ1) is 21.4. The maximum atomic E-state index is 13.3. The van der Waals surface area contributed by atoms with E-state index in [1.165, 1.54) is 0 Å². The van der Waals surface area contributed by atoms with Gasteiger partial charge in [0.25, 0.3) is 5.91 Å². The number of amides is 1. The zero-order valence-electron chi connectivity index (χ0n) is 19.1. The highest BCUT2D eigenvalue weighted by molar-refractivity contribution is 6.08. The summed E-state index contributed by atoms with van der Waals surface area (Å²) in [5, 5.41) is 16.5. The largest absolute Gasteiger partial charge is 0.319 e. The molecule has 0 saturated carbocycles. The van der Waals surface area contributed by atoms with Crippen molar-refractivity contribution in [1.82, 2.24) is 29.3 Å². The molecule has 3 aromatic heterocycles. The second-order valence-electron chi connectivity index (χ2n) is 7.99. The fraction of sp³-hybridized carbons (Fsp3) is 0.154.